The zero-order chi connectivity index (χ0) is 22.2. The summed E-state index contributed by atoms with van der Waals surface area (Å²) in [5.74, 6) is 0.439. The molecule has 0 amide bonds. The molecule has 0 unspecified atom stereocenters. The number of nitrogens with one attached hydrogen (secondary N) is 1. The molecule has 1 saturated heterocycles. The van der Waals surface area contributed by atoms with E-state index in [2.05, 4.69) is 20.2 Å². The van der Waals surface area contributed by atoms with E-state index in [0.29, 0.717) is 30.1 Å². The topological polar surface area (TPSA) is 76.3 Å². The van der Waals surface area contributed by atoms with Crippen molar-refractivity contribution >= 4 is 39.7 Å². The molecule has 0 spiro atoms. The molecule has 1 aromatic carbocycles. The van der Waals surface area contributed by atoms with Crippen molar-refractivity contribution in [2.75, 3.05) is 42.3 Å². The van der Waals surface area contributed by atoms with E-state index in [1.165, 1.54) is 6.07 Å². The summed E-state index contributed by atoms with van der Waals surface area (Å²) >= 11 is 6.17. The first-order valence-corrected chi connectivity index (χ1v) is 10.1. The van der Waals surface area contributed by atoms with Crippen molar-refractivity contribution in [3.8, 4) is 0 Å². The van der Waals surface area contributed by atoms with Crippen molar-refractivity contribution in [1.29, 1.82) is 0 Å². The lowest BCUT2D eigenvalue weighted by atomic mass is 10.0. The summed E-state index contributed by atoms with van der Waals surface area (Å²) in [6.07, 6.45) is -2.72. The number of hydrogen-bond acceptors (Lipinski definition) is 6. The second kappa shape index (κ2) is 8.39. The van der Waals surface area contributed by atoms with Crippen LogP contribution in [0, 0.1) is 0 Å². The number of halogens is 4. The SMILES string of the molecule is C[C@@H](Nc1nc(Cl)cc2ncc(N3CCOCC3)cc12)c1cc(N)cc(C(F)(F)F)c1. The lowest BCUT2D eigenvalue weighted by Crippen LogP contribution is -2.36. The first-order chi connectivity index (χ1) is 14.7. The van der Waals surface area contributed by atoms with E-state index >= 15 is 0 Å². The lowest BCUT2D eigenvalue weighted by molar-refractivity contribution is -0.137. The fourth-order valence-electron chi connectivity index (χ4n) is 3.56. The number of nitrogens with two attached hydrogens (primary N) is 1. The molecule has 1 atom stereocenters. The number of benzene rings is 1. The number of nitrogen functional groups attached to an aromatic ring is 1. The van der Waals surface area contributed by atoms with Crippen molar-refractivity contribution in [2.24, 2.45) is 0 Å². The Bertz CT molecular complexity index is 1100. The molecule has 10 heteroatoms. The molecule has 31 heavy (non-hydrogen) atoms. The summed E-state index contributed by atoms with van der Waals surface area (Å²) in [4.78, 5) is 11.0. The van der Waals surface area contributed by atoms with Crippen LogP contribution in [0.1, 0.15) is 24.1 Å². The lowest BCUT2D eigenvalue weighted by Gasteiger charge is -2.28. The van der Waals surface area contributed by atoms with Gasteiger partial charge in [0.2, 0.25) is 0 Å². The van der Waals surface area contributed by atoms with Crippen LogP contribution in [0.15, 0.2) is 36.5 Å². The van der Waals surface area contributed by atoms with Gasteiger partial charge in [-0.3, -0.25) is 4.98 Å². The van der Waals surface area contributed by atoms with Crippen LogP contribution in [0.2, 0.25) is 5.15 Å². The first kappa shape index (κ1) is 21.5. The summed E-state index contributed by atoms with van der Waals surface area (Å²) in [5, 5.41) is 4.13. The number of hydrogen-bond donors (Lipinski definition) is 2. The number of rotatable bonds is 4. The number of fused-ring (bicyclic) bond motifs is 1. The Balaban J connectivity index is 1.69. The van der Waals surface area contributed by atoms with E-state index in [1.54, 1.807) is 19.2 Å². The van der Waals surface area contributed by atoms with E-state index in [0.717, 1.165) is 36.3 Å². The van der Waals surface area contributed by atoms with Gasteiger partial charge in [-0.2, -0.15) is 13.2 Å². The smallest absolute Gasteiger partial charge is 0.399 e. The standard InChI is InChI=1S/C21H21ClF3N5O/c1-12(13-6-14(21(23,24)25)8-15(26)7-13)28-20-17-9-16(30-2-4-31-5-3-30)11-27-18(17)10-19(22)29-20/h6-12H,2-5,26H2,1H3,(H,28,29)/t12-/m1/s1. The third kappa shape index (κ3) is 4.77. The molecule has 4 rings (SSSR count). The number of anilines is 3. The summed E-state index contributed by atoms with van der Waals surface area (Å²) in [6.45, 7) is 4.50. The van der Waals surface area contributed by atoms with Gasteiger partial charge in [0.25, 0.3) is 0 Å². The van der Waals surface area contributed by atoms with Crippen LogP contribution in [-0.4, -0.2) is 36.3 Å². The minimum absolute atomic E-state index is 0.0404. The summed E-state index contributed by atoms with van der Waals surface area (Å²) in [5.41, 5.74) is 6.90. The van der Waals surface area contributed by atoms with Gasteiger partial charge in [0.15, 0.2) is 0 Å². The molecule has 0 aliphatic carbocycles. The Kier molecular flexibility index (Phi) is 5.81. The molecule has 0 saturated carbocycles. The quantitative estimate of drug-likeness (QED) is 0.434. The predicted octanol–water partition coefficient (Wildman–Crippen LogP) is 4.89. The molecule has 3 heterocycles. The Morgan fingerprint density at radius 3 is 2.61 bits per heavy atom. The molecule has 0 bridgehead atoms. The number of ether oxygens (including phenoxy) is 1. The Hall–Kier alpha value is -2.78. The number of morpholine rings is 1. The van der Waals surface area contributed by atoms with Crippen LogP contribution >= 0.6 is 11.6 Å². The summed E-state index contributed by atoms with van der Waals surface area (Å²) in [7, 11) is 0. The van der Waals surface area contributed by atoms with Gasteiger partial charge < -0.3 is 20.7 Å². The molecule has 6 nitrogen and oxygen atoms in total. The van der Waals surface area contributed by atoms with Crippen molar-refractivity contribution < 1.29 is 17.9 Å². The third-order valence-corrected chi connectivity index (χ3v) is 5.36. The predicted molar refractivity (Wildman–Crippen MR) is 115 cm³/mol. The highest BCUT2D eigenvalue weighted by molar-refractivity contribution is 6.30. The average Bonchev–Trinajstić information content (AvgIpc) is 2.73. The van der Waals surface area contributed by atoms with Gasteiger partial charge in [-0.15, -0.1) is 0 Å². The van der Waals surface area contributed by atoms with Crippen LogP contribution < -0.4 is 16.0 Å². The average molecular weight is 452 g/mol. The van der Waals surface area contributed by atoms with E-state index in [-0.39, 0.29) is 10.8 Å². The Morgan fingerprint density at radius 2 is 1.90 bits per heavy atom. The number of aromatic nitrogens is 2. The monoisotopic (exact) mass is 451 g/mol. The van der Waals surface area contributed by atoms with Gasteiger partial charge in [0.1, 0.15) is 11.0 Å². The number of nitrogens with zero attached hydrogens (tertiary/aromatic N) is 3. The Labute approximate surface area is 182 Å². The van der Waals surface area contributed by atoms with Crippen molar-refractivity contribution in [3.05, 3.63) is 52.8 Å². The fraction of sp³-hybridized carbons (Fsp3) is 0.333. The maximum Gasteiger partial charge on any atom is 0.416 e. The maximum atomic E-state index is 13.2. The van der Waals surface area contributed by atoms with E-state index in [1.807, 2.05) is 6.07 Å². The molecule has 3 N–H and O–H groups in total. The molecular weight excluding hydrogens is 431 g/mol. The van der Waals surface area contributed by atoms with Crippen LogP contribution in [0.4, 0.5) is 30.4 Å². The van der Waals surface area contributed by atoms with Gasteiger partial charge in [0.05, 0.1) is 42.2 Å². The van der Waals surface area contributed by atoms with E-state index in [9.17, 15) is 13.2 Å². The van der Waals surface area contributed by atoms with Crippen molar-refractivity contribution in [3.63, 3.8) is 0 Å². The minimum atomic E-state index is -4.48. The van der Waals surface area contributed by atoms with Gasteiger partial charge in [-0.25, -0.2) is 4.98 Å². The molecule has 3 aromatic rings. The van der Waals surface area contributed by atoms with Crippen LogP contribution in [0.3, 0.4) is 0 Å². The number of alkyl halides is 3. The van der Waals surface area contributed by atoms with Crippen molar-refractivity contribution in [1.82, 2.24) is 9.97 Å². The molecular formula is C21H21ClF3N5O. The van der Waals surface area contributed by atoms with E-state index < -0.39 is 17.8 Å². The normalized spacial score (nSPS) is 15.8. The van der Waals surface area contributed by atoms with Gasteiger partial charge >= 0.3 is 6.18 Å². The molecule has 1 aliphatic heterocycles. The highest BCUT2D eigenvalue weighted by atomic mass is 35.5. The van der Waals surface area contributed by atoms with Crippen molar-refractivity contribution in [2.45, 2.75) is 19.1 Å². The molecule has 164 valence electrons. The second-order valence-corrected chi connectivity index (χ2v) is 7.79. The maximum absolute atomic E-state index is 13.2. The van der Waals surface area contributed by atoms with Gasteiger partial charge in [-0.05, 0) is 36.8 Å². The van der Waals surface area contributed by atoms with Gasteiger partial charge in [-0.1, -0.05) is 11.6 Å². The molecule has 1 aliphatic rings. The molecule has 1 fully saturated rings. The molecule has 2 aromatic heterocycles. The summed E-state index contributed by atoms with van der Waals surface area (Å²) in [6, 6.07) is 6.60. The largest absolute Gasteiger partial charge is 0.416 e. The minimum Gasteiger partial charge on any atom is -0.399 e. The highest BCUT2D eigenvalue weighted by Gasteiger charge is 2.31. The summed E-state index contributed by atoms with van der Waals surface area (Å²) < 4.78 is 45.0. The molecule has 0 radical (unpaired) electrons. The van der Waals surface area contributed by atoms with Crippen LogP contribution in [-0.2, 0) is 10.9 Å². The number of pyridine rings is 2. The fourth-order valence-corrected chi connectivity index (χ4v) is 3.75. The van der Waals surface area contributed by atoms with Gasteiger partial charge in [0, 0.05) is 30.2 Å². The van der Waals surface area contributed by atoms with Crippen LogP contribution in [0.5, 0.6) is 0 Å². The zero-order valence-corrected chi connectivity index (χ0v) is 17.5. The zero-order valence-electron chi connectivity index (χ0n) is 16.7. The van der Waals surface area contributed by atoms with Crippen LogP contribution in [0.25, 0.3) is 10.9 Å². The second-order valence-electron chi connectivity index (χ2n) is 7.41. The highest BCUT2D eigenvalue weighted by Crippen LogP contribution is 2.34. The van der Waals surface area contributed by atoms with E-state index in [4.69, 9.17) is 22.1 Å². The third-order valence-electron chi connectivity index (χ3n) is 5.17. The first-order valence-electron chi connectivity index (χ1n) is 9.74. The Morgan fingerprint density at radius 1 is 1.16 bits per heavy atom.